The summed E-state index contributed by atoms with van der Waals surface area (Å²) in [7, 11) is 0. The molecule has 0 spiro atoms. The van der Waals surface area contributed by atoms with Crippen LogP contribution in [0.2, 0.25) is 0 Å². The second-order valence-electron chi connectivity index (χ2n) is 5.50. The third-order valence-electron chi connectivity index (χ3n) is 3.83. The standard InChI is InChI=1S/C13H21NO3S/c15-11(14-6-2-1-3-7-14)9-18-10-13(4-5-13)8-12(16)17/h1-10H2,(H,16,17). The van der Waals surface area contributed by atoms with Crippen LogP contribution in [0, 0.1) is 5.41 Å². The Balaban J connectivity index is 1.65. The molecule has 1 N–H and O–H groups in total. The van der Waals surface area contributed by atoms with Crippen LogP contribution in [0.25, 0.3) is 0 Å². The average molecular weight is 271 g/mol. The first-order valence-corrected chi connectivity index (χ1v) is 7.84. The van der Waals surface area contributed by atoms with Gasteiger partial charge in [0.2, 0.25) is 5.91 Å². The van der Waals surface area contributed by atoms with Gasteiger partial charge in [-0.2, -0.15) is 11.8 Å². The summed E-state index contributed by atoms with van der Waals surface area (Å²) < 4.78 is 0. The van der Waals surface area contributed by atoms with E-state index in [4.69, 9.17) is 5.11 Å². The van der Waals surface area contributed by atoms with Crippen molar-refractivity contribution >= 4 is 23.6 Å². The van der Waals surface area contributed by atoms with Crippen molar-refractivity contribution in [1.82, 2.24) is 4.90 Å². The molecule has 102 valence electrons. The minimum Gasteiger partial charge on any atom is -0.481 e. The van der Waals surface area contributed by atoms with Crippen molar-refractivity contribution < 1.29 is 14.7 Å². The zero-order chi connectivity index (χ0) is 13.0. The number of hydrogen-bond acceptors (Lipinski definition) is 3. The fourth-order valence-corrected chi connectivity index (χ4v) is 3.74. The molecule has 2 rings (SSSR count). The molecule has 1 aliphatic heterocycles. The Bertz CT molecular complexity index is 322. The number of hydrogen-bond donors (Lipinski definition) is 1. The second-order valence-corrected chi connectivity index (χ2v) is 6.49. The Morgan fingerprint density at radius 3 is 2.39 bits per heavy atom. The number of carboxylic acids is 1. The Kier molecular flexibility index (Phi) is 4.54. The smallest absolute Gasteiger partial charge is 0.303 e. The van der Waals surface area contributed by atoms with Gasteiger partial charge >= 0.3 is 5.97 Å². The second kappa shape index (κ2) is 5.95. The van der Waals surface area contributed by atoms with Crippen molar-refractivity contribution in [3.63, 3.8) is 0 Å². The molecule has 0 aromatic rings. The summed E-state index contributed by atoms with van der Waals surface area (Å²) in [5.74, 6) is 0.849. The molecule has 2 aliphatic rings. The molecular weight excluding hydrogens is 250 g/mol. The van der Waals surface area contributed by atoms with Crippen molar-refractivity contribution in [3.05, 3.63) is 0 Å². The van der Waals surface area contributed by atoms with Gasteiger partial charge < -0.3 is 10.0 Å². The number of nitrogens with zero attached hydrogens (tertiary/aromatic N) is 1. The molecular formula is C13H21NO3S. The van der Waals surface area contributed by atoms with E-state index in [1.54, 1.807) is 11.8 Å². The van der Waals surface area contributed by atoms with Gasteiger partial charge in [0.25, 0.3) is 0 Å². The molecule has 1 saturated heterocycles. The molecule has 5 heteroatoms. The summed E-state index contributed by atoms with van der Waals surface area (Å²) in [6.45, 7) is 1.80. The van der Waals surface area contributed by atoms with E-state index in [2.05, 4.69) is 0 Å². The molecule has 4 nitrogen and oxygen atoms in total. The third-order valence-corrected chi connectivity index (χ3v) is 5.09. The SMILES string of the molecule is O=C(O)CC1(CSCC(=O)N2CCCCC2)CC1. The predicted octanol–water partition coefficient (Wildman–Crippen LogP) is 1.99. The molecule has 0 aromatic heterocycles. The molecule has 2 fully saturated rings. The van der Waals surface area contributed by atoms with Gasteiger partial charge in [0.05, 0.1) is 12.2 Å². The first-order valence-electron chi connectivity index (χ1n) is 6.69. The minimum atomic E-state index is -0.713. The lowest BCUT2D eigenvalue weighted by Gasteiger charge is -2.26. The number of likely N-dealkylation sites (tertiary alicyclic amines) is 1. The van der Waals surface area contributed by atoms with Crippen molar-refractivity contribution in [1.29, 1.82) is 0 Å². The van der Waals surface area contributed by atoms with Gasteiger partial charge in [-0.25, -0.2) is 0 Å². The number of thioether (sulfide) groups is 1. The van der Waals surface area contributed by atoms with Crippen molar-refractivity contribution in [2.45, 2.75) is 38.5 Å². The van der Waals surface area contributed by atoms with Crippen LogP contribution >= 0.6 is 11.8 Å². The largest absolute Gasteiger partial charge is 0.481 e. The monoisotopic (exact) mass is 271 g/mol. The first kappa shape index (κ1) is 13.7. The van der Waals surface area contributed by atoms with Crippen LogP contribution in [-0.4, -0.2) is 46.5 Å². The van der Waals surface area contributed by atoms with Gasteiger partial charge in [-0.3, -0.25) is 9.59 Å². The Morgan fingerprint density at radius 2 is 1.83 bits per heavy atom. The molecule has 0 atom stereocenters. The number of carboxylic acid groups (broad SMARTS) is 1. The average Bonchev–Trinajstić information content (AvgIpc) is 3.09. The zero-order valence-corrected chi connectivity index (χ0v) is 11.5. The van der Waals surface area contributed by atoms with Crippen LogP contribution in [0.15, 0.2) is 0 Å². The van der Waals surface area contributed by atoms with E-state index < -0.39 is 5.97 Å². The normalized spacial score (nSPS) is 21.7. The van der Waals surface area contributed by atoms with E-state index in [-0.39, 0.29) is 17.7 Å². The van der Waals surface area contributed by atoms with Gasteiger partial charge in [-0.05, 0) is 43.3 Å². The summed E-state index contributed by atoms with van der Waals surface area (Å²) in [6, 6.07) is 0. The van der Waals surface area contributed by atoms with Crippen molar-refractivity contribution in [2.75, 3.05) is 24.6 Å². The lowest BCUT2D eigenvalue weighted by molar-refractivity contribution is -0.138. The van der Waals surface area contributed by atoms with Crippen LogP contribution in [0.1, 0.15) is 38.5 Å². The Morgan fingerprint density at radius 1 is 1.17 bits per heavy atom. The lowest BCUT2D eigenvalue weighted by atomic mass is 10.1. The van der Waals surface area contributed by atoms with Gasteiger partial charge in [-0.1, -0.05) is 0 Å². The van der Waals surface area contributed by atoms with E-state index in [0.29, 0.717) is 5.75 Å². The topological polar surface area (TPSA) is 57.6 Å². The molecule has 1 amide bonds. The van der Waals surface area contributed by atoms with Crippen molar-refractivity contribution in [2.24, 2.45) is 5.41 Å². The van der Waals surface area contributed by atoms with Gasteiger partial charge in [-0.15, -0.1) is 0 Å². The number of piperidine rings is 1. The zero-order valence-electron chi connectivity index (χ0n) is 10.7. The highest BCUT2D eigenvalue weighted by Crippen LogP contribution is 2.50. The summed E-state index contributed by atoms with van der Waals surface area (Å²) in [5.41, 5.74) is -0.00131. The maximum atomic E-state index is 11.9. The fraction of sp³-hybridized carbons (Fsp3) is 0.846. The van der Waals surface area contributed by atoms with Crippen LogP contribution in [0.5, 0.6) is 0 Å². The molecule has 0 bridgehead atoms. The van der Waals surface area contributed by atoms with Crippen LogP contribution in [0.3, 0.4) is 0 Å². The molecule has 0 radical (unpaired) electrons. The molecule has 1 aliphatic carbocycles. The summed E-state index contributed by atoms with van der Waals surface area (Å²) in [4.78, 5) is 24.6. The van der Waals surface area contributed by atoms with E-state index >= 15 is 0 Å². The predicted molar refractivity (Wildman–Crippen MR) is 71.7 cm³/mol. The minimum absolute atomic E-state index is 0.00131. The maximum Gasteiger partial charge on any atom is 0.303 e. The van der Waals surface area contributed by atoms with E-state index in [9.17, 15) is 9.59 Å². The number of amides is 1. The van der Waals surface area contributed by atoms with Gasteiger partial charge in [0.15, 0.2) is 0 Å². The number of carbonyl (C=O) groups excluding carboxylic acids is 1. The van der Waals surface area contributed by atoms with E-state index in [1.807, 2.05) is 4.90 Å². The van der Waals surface area contributed by atoms with E-state index in [1.165, 1.54) is 6.42 Å². The first-order chi connectivity index (χ1) is 8.61. The third kappa shape index (κ3) is 3.90. The van der Waals surface area contributed by atoms with Crippen LogP contribution in [0.4, 0.5) is 0 Å². The highest BCUT2D eigenvalue weighted by molar-refractivity contribution is 7.99. The summed E-state index contributed by atoms with van der Waals surface area (Å²) in [5, 5.41) is 8.82. The molecule has 18 heavy (non-hydrogen) atoms. The van der Waals surface area contributed by atoms with Crippen LogP contribution < -0.4 is 0 Å². The maximum absolute atomic E-state index is 11.9. The Labute approximate surface area is 112 Å². The number of aliphatic carboxylic acids is 1. The van der Waals surface area contributed by atoms with E-state index in [0.717, 1.165) is 44.5 Å². The Hall–Kier alpha value is -0.710. The lowest BCUT2D eigenvalue weighted by Crippen LogP contribution is -2.36. The highest BCUT2D eigenvalue weighted by atomic mass is 32.2. The molecule has 0 unspecified atom stereocenters. The molecule has 0 aromatic carbocycles. The molecule has 1 saturated carbocycles. The van der Waals surface area contributed by atoms with Gasteiger partial charge in [0, 0.05) is 13.1 Å². The number of carbonyl (C=O) groups is 2. The summed E-state index contributed by atoms with van der Waals surface area (Å²) >= 11 is 1.61. The fourth-order valence-electron chi connectivity index (χ4n) is 2.46. The number of rotatable bonds is 6. The van der Waals surface area contributed by atoms with Crippen molar-refractivity contribution in [3.8, 4) is 0 Å². The quantitative estimate of drug-likeness (QED) is 0.802. The van der Waals surface area contributed by atoms with Crippen LogP contribution in [-0.2, 0) is 9.59 Å². The molecule has 1 heterocycles. The van der Waals surface area contributed by atoms with Gasteiger partial charge in [0.1, 0.15) is 0 Å². The summed E-state index contributed by atoms with van der Waals surface area (Å²) in [6.07, 6.45) is 5.75. The highest BCUT2D eigenvalue weighted by Gasteiger charge is 2.44.